The van der Waals surface area contributed by atoms with Crippen LogP contribution in [-0.2, 0) is 4.79 Å². The van der Waals surface area contributed by atoms with E-state index in [0.717, 1.165) is 38.8 Å². The van der Waals surface area contributed by atoms with Gasteiger partial charge in [0, 0.05) is 13.1 Å². The van der Waals surface area contributed by atoms with Crippen LogP contribution in [-0.4, -0.2) is 28.9 Å². The van der Waals surface area contributed by atoms with Crippen LogP contribution in [0.1, 0.15) is 39.5 Å². The number of hydrogen-bond acceptors (Lipinski definition) is 2. The molecule has 4 heteroatoms. The Hall–Kier alpha value is -0.640. The zero-order chi connectivity index (χ0) is 12.0. The third-order valence-electron chi connectivity index (χ3n) is 4.05. The molecule has 16 heavy (non-hydrogen) atoms. The lowest BCUT2D eigenvalue weighted by molar-refractivity contribution is -0.141. The summed E-state index contributed by atoms with van der Waals surface area (Å²) in [7, 11) is 0. The van der Waals surface area contributed by atoms with Gasteiger partial charge in [0.1, 0.15) is 0 Å². The summed E-state index contributed by atoms with van der Waals surface area (Å²) in [5.74, 6) is 0.178. The Morgan fingerprint density at radius 2 is 1.94 bits per heavy atom. The first-order valence-corrected chi connectivity index (χ1v) is 6.38. The van der Waals surface area contributed by atoms with Crippen molar-refractivity contribution in [2.24, 2.45) is 16.6 Å². The summed E-state index contributed by atoms with van der Waals surface area (Å²) >= 11 is 5.08. The zero-order valence-corrected chi connectivity index (χ0v) is 10.9. The van der Waals surface area contributed by atoms with Gasteiger partial charge in [-0.1, -0.05) is 32.5 Å². The van der Waals surface area contributed by atoms with E-state index in [4.69, 9.17) is 18.0 Å². The highest BCUT2D eigenvalue weighted by atomic mass is 32.1. The van der Waals surface area contributed by atoms with Crippen molar-refractivity contribution in [1.82, 2.24) is 4.90 Å². The molecule has 1 heterocycles. The number of nitrogens with zero attached hydrogens (tertiary/aromatic N) is 1. The maximum Gasteiger partial charge on any atom is 0.235 e. The van der Waals surface area contributed by atoms with Gasteiger partial charge in [-0.3, -0.25) is 4.79 Å². The first-order chi connectivity index (χ1) is 7.37. The smallest absolute Gasteiger partial charge is 0.235 e. The zero-order valence-electron chi connectivity index (χ0n) is 10.1. The van der Waals surface area contributed by atoms with Crippen LogP contribution in [0.5, 0.6) is 0 Å². The quantitative estimate of drug-likeness (QED) is 0.747. The van der Waals surface area contributed by atoms with E-state index in [1.807, 2.05) is 4.90 Å². The van der Waals surface area contributed by atoms with E-state index < -0.39 is 5.41 Å². The molecule has 1 aliphatic carbocycles. The Labute approximate surface area is 102 Å². The Bertz CT molecular complexity index is 334. The van der Waals surface area contributed by atoms with Crippen LogP contribution in [0, 0.1) is 10.8 Å². The topological polar surface area (TPSA) is 46.3 Å². The van der Waals surface area contributed by atoms with Crippen molar-refractivity contribution >= 4 is 23.1 Å². The molecule has 2 aliphatic rings. The molecule has 1 saturated carbocycles. The minimum absolute atomic E-state index is 0.178. The monoisotopic (exact) mass is 240 g/mol. The van der Waals surface area contributed by atoms with Crippen LogP contribution in [0.2, 0.25) is 0 Å². The minimum Gasteiger partial charge on any atom is -0.392 e. The number of hydrogen-bond donors (Lipinski definition) is 1. The molecule has 1 saturated heterocycles. The van der Waals surface area contributed by atoms with Crippen LogP contribution in [0.4, 0.5) is 0 Å². The van der Waals surface area contributed by atoms with Gasteiger partial charge >= 0.3 is 0 Å². The molecule has 3 nitrogen and oxygen atoms in total. The van der Waals surface area contributed by atoms with Gasteiger partial charge in [-0.05, 0) is 24.7 Å². The van der Waals surface area contributed by atoms with Gasteiger partial charge in [-0.15, -0.1) is 0 Å². The van der Waals surface area contributed by atoms with E-state index in [0.29, 0.717) is 4.99 Å². The number of rotatable bonds is 2. The average Bonchev–Trinajstić information content (AvgIpc) is 2.43. The molecule has 1 aliphatic heterocycles. The first-order valence-electron chi connectivity index (χ1n) is 5.97. The van der Waals surface area contributed by atoms with Gasteiger partial charge in [0.15, 0.2) is 0 Å². The summed E-state index contributed by atoms with van der Waals surface area (Å²) in [4.78, 5) is 14.8. The van der Waals surface area contributed by atoms with E-state index in [1.54, 1.807) is 0 Å². The highest BCUT2D eigenvalue weighted by Gasteiger charge is 2.50. The van der Waals surface area contributed by atoms with Crippen molar-refractivity contribution in [3.05, 3.63) is 0 Å². The fourth-order valence-corrected chi connectivity index (χ4v) is 2.98. The lowest BCUT2D eigenvalue weighted by Crippen LogP contribution is -2.54. The largest absolute Gasteiger partial charge is 0.392 e. The van der Waals surface area contributed by atoms with E-state index in [-0.39, 0.29) is 11.3 Å². The Balaban J connectivity index is 2.11. The molecular weight excluding hydrogens is 220 g/mol. The second kappa shape index (κ2) is 3.69. The fraction of sp³-hybridized carbons (Fsp3) is 0.833. The Kier molecular flexibility index (Phi) is 2.73. The van der Waals surface area contributed by atoms with Gasteiger partial charge in [0.05, 0.1) is 10.4 Å². The van der Waals surface area contributed by atoms with Crippen molar-refractivity contribution in [2.75, 3.05) is 13.1 Å². The summed E-state index contributed by atoms with van der Waals surface area (Å²) < 4.78 is 0. The standard InChI is InChI=1S/C12H20N2OS/c1-11(2)6-7-14(8-11)10(15)12(9(13)16)4-3-5-12/h3-8H2,1-2H3,(H2,13,16). The highest BCUT2D eigenvalue weighted by molar-refractivity contribution is 7.80. The number of likely N-dealkylation sites (tertiary alicyclic amines) is 1. The number of carbonyl (C=O) groups excluding carboxylic acids is 1. The maximum atomic E-state index is 12.4. The summed E-state index contributed by atoms with van der Waals surface area (Å²) in [6, 6.07) is 0. The first kappa shape index (κ1) is 11.8. The van der Waals surface area contributed by atoms with Gasteiger partial charge < -0.3 is 10.6 Å². The normalized spacial score (nSPS) is 26.2. The molecule has 0 aromatic rings. The molecule has 0 aromatic heterocycles. The Morgan fingerprint density at radius 1 is 1.31 bits per heavy atom. The summed E-state index contributed by atoms with van der Waals surface area (Å²) in [6.07, 6.45) is 3.84. The molecule has 2 rings (SSSR count). The van der Waals surface area contributed by atoms with Crippen LogP contribution in [0.15, 0.2) is 0 Å². The number of amides is 1. The van der Waals surface area contributed by atoms with Gasteiger partial charge in [0.25, 0.3) is 0 Å². The maximum absolute atomic E-state index is 12.4. The van der Waals surface area contributed by atoms with Gasteiger partial charge in [0.2, 0.25) is 5.91 Å². The summed E-state index contributed by atoms with van der Waals surface area (Å²) in [5.41, 5.74) is 5.51. The predicted molar refractivity (Wildman–Crippen MR) is 68.0 cm³/mol. The van der Waals surface area contributed by atoms with Crippen molar-refractivity contribution in [2.45, 2.75) is 39.5 Å². The second-order valence-electron chi connectivity index (χ2n) is 5.94. The third-order valence-corrected chi connectivity index (χ3v) is 4.44. The highest BCUT2D eigenvalue weighted by Crippen LogP contribution is 2.44. The molecular formula is C12H20N2OS. The second-order valence-corrected chi connectivity index (χ2v) is 6.38. The van der Waals surface area contributed by atoms with Crippen LogP contribution in [0.25, 0.3) is 0 Å². The third kappa shape index (κ3) is 1.73. The van der Waals surface area contributed by atoms with E-state index in [9.17, 15) is 4.79 Å². The molecule has 0 unspecified atom stereocenters. The van der Waals surface area contributed by atoms with Crippen molar-refractivity contribution in [1.29, 1.82) is 0 Å². The number of thiocarbonyl (C=S) groups is 1. The molecule has 0 bridgehead atoms. The minimum atomic E-state index is -0.490. The van der Waals surface area contributed by atoms with Crippen LogP contribution in [0.3, 0.4) is 0 Å². The predicted octanol–water partition coefficient (Wildman–Crippen LogP) is 1.70. The average molecular weight is 240 g/mol. The molecule has 90 valence electrons. The molecule has 0 radical (unpaired) electrons. The van der Waals surface area contributed by atoms with Crippen molar-refractivity contribution in [3.8, 4) is 0 Å². The van der Waals surface area contributed by atoms with Gasteiger partial charge in [-0.25, -0.2) is 0 Å². The number of carbonyl (C=O) groups is 1. The SMILES string of the molecule is CC1(C)CCN(C(=O)C2(C(N)=S)CCC2)C1. The Morgan fingerprint density at radius 3 is 2.25 bits per heavy atom. The molecule has 0 aromatic carbocycles. The number of nitrogens with two attached hydrogens (primary N) is 1. The lowest BCUT2D eigenvalue weighted by Gasteiger charge is -2.42. The van der Waals surface area contributed by atoms with Crippen LogP contribution < -0.4 is 5.73 Å². The molecule has 2 N–H and O–H groups in total. The molecule has 0 spiro atoms. The van der Waals surface area contributed by atoms with E-state index >= 15 is 0 Å². The van der Waals surface area contributed by atoms with E-state index in [1.165, 1.54) is 0 Å². The molecule has 0 atom stereocenters. The van der Waals surface area contributed by atoms with Crippen molar-refractivity contribution in [3.63, 3.8) is 0 Å². The molecule has 1 amide bonds. The summed E-state index contributed by atoms with van der Waals surface area (Å²) in [5, 5.41) is 0. The van der Waals surface area contributed by atoms with Crippen LogP contribution >= 0.6 is 12.2 Å². The van der Waals surface area contributed by atoms with E-state index in [2.05, 4.69) is 13.8 Å². The summed E-state index contributed by atoms with van der Waals surface area (Å²) in [6.45, 7) is 6.11. The van der Waals surface area contributed by atoms with Crippen molar-refractivity contribution < 1.29 is 4.79 Å². The molecule has 2 fully saturated rings. The van der Waals surface area contributed by atoms with Gasteiger partial charge in [-0.2, -0.15) is 0 Å². The lowest BCUT2D eigenvalue weighted by atomic mass is 9.67. The fourth-order valence-electron chi connectivity index (χ4n) is 2.68.